The number of anilines is 1. The number of piperazine rings is 1. The SMILES string of the molecule is Cl.Cl.Clc1ccc(OCCc2ccc(CN3CCN(c4ccccc4)CC3)cc2)cc1Cl. The van der Waals surface area contributed by atoms with E-state index in [1.165, 1.54) is 16.8 Å². The molecule has 0 bridgehead atoms. The van der Waals surface area contributed by atoms with Gasteiger partial charge in [0.15, 0.2) is 0 Å². The molecule has 0 atom stereocenters. The highest BCUT2D eigenvalue weighted by molar-refractivity contribution is 6.42. The molecule has 172 valence electrons. The van der Waals surface area contributed by atoms with Gasteiger partial charge < -0.3 is 9.64 Å². The molecular formula is C25H28Cl4N2O. The monoisotopic (exact) mass is 512 g/mol. The van der Waals surface area contributed by atoms with Crippen molar-refractivity contribution in [3.05, 3.63) is 94.0 Å². The van der Waals surface area contributed by atoms with E-state index in [1.807, 2.05) is 6.07 Å². The minimum Gasteiger partial charge on any atom is -0.493 e. The highest BCUT2D eigenvalue weighted by Crippen LogP contribution is 2.26. The number of hydrogen-bond donors (Lipinski definition) is 0. The van der Waals surface area contributed by atoms with Crippen LogP contribution in [0.2, 0.25) is 10.0 Å². The maximum absolute atomic E-state index is 6.03. The van der Waals surface area contributed by atoms with Gasteiger partial charge in [0.1, 0.15) is 5.75 Å². The number of ether oxygens (including phenoxy) is 1. The largest absolute Gasteiger partial charge is 0.493 e. The van der Waals surface area contributed by atoms with Gasteiger partial charge in [-0.25, -0.2) is 0 Å². The predicted molar refractivity (Wildman–Crippen MR) is 141 cm³/mol. The van der Waals surface area contributed by atoms with Gasteiger partial charge in [0, 0.05) is 50.9 Å². The molecule has 32 heavy (non-hydrogen) atoms. The third kappa shape index (κ3) is 7.47. The zero-order valence-corrected chi connectivity index (χ0v) is 20.9. The van der Waals surface area contributed by atoms with Crippen molar-refractivity contribution < 1.29 is 4.74 Å². The molecule has 3 aromatic rings. The van der Waals surface area contributed by atoms with Crippen LogP contribution in [0.3, 0.4) is 0 Å². The number of rotatable bonds is 7. The average molecular weight is 514 g/mol. The van der Waals surface area contributed by atoms with Crippen molar-refractivity contribution in [3.63, 3.8) is 0 Å². The van der Waals surface area contributed by atoms with Crippen molar-refractivity contribution in [3.8, 4) is 5.75 Å². The van der Waals surface area contributed by atoms with Crippen LogP contribution in [0.15, 0.2) is 72.8 Å². The molecule has 0 amide bonds. The summed E-state index contributed by atoms with van der Waals surface area (Å²) >= 11 is 12.0. The molecule has 1 fully saturated rings. The Morgan fingerprint density at radius 1 is 0.719 bits per heavy atom. The Labute approximate surface area is 213 Å². The Balaban J connectivity index is 0.00000181. The van der Waals surface area contributed by atoms with Gasteiger partial charge in [0.25, 0.3) is 0 Å². The van der Waals surface area contributed by atoms with Gasteiger partial charge in [-0.1, -0.05) is 65.7 Å². The van der Waals surface area contributed by atoms with Gasteiger partial charge in [-0.2, -0.15) is 0 Å². The second-order valence-corrected chi connectivity index (χ2v) is 8.40. The first-order chi connectivity index (χ1) is 14.7. The molecule has 0 radical (unpaired) electrons. The van der Waals surface area contributed by atoms with Crippen LogP contribution in [-0.2, 0) is 13.0 Å². The molecule has 0 saturated carbocycles. The minimum absolute atomic E-state index is 0. The van der Waals surface area contributed by atoms with Crippen molar-refractivity contribution >= 4 is 53.7 Å². The lowest BCUT2D eigenvalue weighted by molar-refractivity contribution is 0.250. The molecule has 0 aliphatic carbocycles. The zero-order valence-electron chi connectivity index (χ0n) is 17.8. The molecule has 1 heterocycles. The molecule has 3 nitrogen and oxygen atoms in total. The lowest BCUT2D eigenvalue weighted by atomic mass is 10.1. The summed E-state index contributed by atoms with van der Waals surface area (Å²) in [6.07, 6.45) is 0.857. The van der Waals surface area contributed by atoms with Gasteiger partial charge in [-0.05, 0) is 35.4 Å². The summed E-state index contributed by atoms with van der Waals surface area (Å²) in [5.41, 5.74) is 3.95. The van der Waals surface area contributed by atoms with Crippen LogP contribution in [0.5, 0.6) is 5.75 Å². The Kier molecular flexibility index (Phi) is 11.0. The summed E-state index contributed by atoms with van der Waals surface area (Å²) in [5, 5.41) is 1.06. The quantitative estimate of drug-likeness (QED) is 0.346. The first-order valence-corrected chi connectivity index (χ1v) is 11.1. The smallest absolute Gasteiger partial charge is 0.120 e. The number of nitrogens with zero attached hydrogens (tertiary/aromatic N) is 2. The van der Waals surface area contributed by atoms with E-state index in [4.69, 9.17) is 27.9 Å². The van der Waals surface area contributed by atoms with Crippen LogP contribution in [0, 0.1) is 0 Å². The van der Waals surface area contributed by atoms with E-state index in [9.17, 15) is 0 Å². The summed E-state index contributed by atoms with van der Waals surface area (Å²) in [7, 11) is 0. The summed E-state index contributed by atoms with van der Waals surface area (Å²) in [5.74, 6) is 0.746. The number of benzene rings is 3. The number of halogens is 4. The summed E-state index contributed by atoms with van der Waals surface area (Å²) < 4.78 is 5.79. The van der Waals surface area contributed by atoms with Crippen molar-refractivity contribution in [1.82, 2.24) is 4.90 Å². The molecule has 1 saturated heterocycles. The van der Waals surface area contributed by atoms with Crippen LogP contribution in [-0.4, -0.2) is 37.7 Å². The maximum Gasteiger partial charge on any atom is 0.120 e. The summed E-state index contributed by atoms with van der Waals surface area (Å²) in [6, 6.07) is 24.9. The lowest BCUT2D eigenvalue weighted by Gasteiger charge is -2.36. The second-order valence-electron chi connectivity index (χ2n) is 7.59. The molecule has 4 rings (SSSR count). The van der Waals surface area contributed by atoms with E-state index in [0.29, 0.717) is 16.7 Å². The zero-order chi connectivity index (χ0) is 20.8. The second kappa shape index (κ2) is 13.2. The number of para-hydroxylation sites is 1. The van der Waals surface area contributed by atoms with Crippen LogP contribution in [0.25, 0.3) is 0 Å². The Hall–Kier alpha value is -1.62. The fourth-order valence-corrected chi connectivity index (χ4v) is 4.01. The fourth-order valence-electron chi connectivity index (χ4n) is 3.73. The Morgan fingerprint density at radius 3 is 2.03 bits per heavy atom. The fraction of sp³-hybridized carbons (Fsp3) is 0.280. The normalized spacial score (nSPS) is 13.8. The van der Waals surface area contributed by atoms with Gasteiger partial charge in [0.05, 0.1) is 16.7 Å². The van der Waals surface area contributed by atoms with Gasteiger partial charge in [-0.15, -0.1) is 24.8 Å². The molecule has 1 aliphatic rings. The minimum atomic E-state index is 0. The molecule has 7 heteroatoms. The molecular weight excluding hydrogens is 486 g/mol. The van der Waals surface area contributed by atoms with E-state index in [2.05, 4.69) is 64.4 Å². The third-order valence-corrected chi connectivity index (χ3v) is 6.21. The standard InChI is InChI=1S/C25H26Cl2N2O.2ClH/c26-24-11-10-23(18-25(24)27)30-17-12-20-6-8-21(9-7-20)19-28-13-15-29(16-14-28)22-4-2-1-3-5-22;;/h1-11,18H,12-17,19H2;2*1H. The molecule has 0 unspecified atom stereocenters. The lowest BCUT2D eigenvalue weighted by Crippen LogP contribution is -2.45. The third-order valence-electron chi connectivity index (χ3n) is 5.47. The molecule has 3 aromatic carbocycles. The van der Waals surface area contributed by atoms with E-state index in [-0.39, 0.29) is 24.8 Å². The molecule has 0 N–H and O–H groups in total. The topological polar surface area (TPSA) is 15.7 Å². The van der Waals surface area contributed by atoms with Crippen LogP contribution >= 0.6 is 48.0 Å². The van der Waals surface area contributed by atoms with E-state index in [1.54, 1.807) is 12.1 Å². The maximum atomic E-state index is 6.03. The van der Waals surface area contributed by atoms with Gasteiger partial charge in [0.2, 0.25) is 0 Å². The van der Waals surface area contributed by atoms with E-state index < -0.39 is 0 Å². The average Bonchev–Trinajstić information content (AvgIpc) is 2.78. The predicted octanol–water partition coefficient (Wildman–Crippen LogP) is 6.78. The van der Waals surface area contributed by atoms with Crippen LogP contribution < -0.4 is 9.64 Å². The van der Waals surface area contributed by atoms with Crippen molar-refractivity contribution in [2.75, 3.05) is 37.7 Å². The van der Waals surface area contributed by atoms with Gasteiger partial charge >= 0.3 is 0 Å². The Bertz CT molecular complexity index is 946. The van der Waals surface area contributed by atoms with Crippen LogP contribution in [0.1, 0.15) is 11.1 Å². The first-order valence-electron chi connectivity index (χ1n) is 10.4. The Morgan fingerprint density at radius 2 is 1.38 bits per heavy atom. The molecule has 0 spiro atoms. The van der Waals surface area contributed by atoms with Crippen molar-refractivity contribution in [2.45, 2.75) is 13.0 Å². The van der Waals surface area contributed by atoms with Crippen LogP contribution in [0.4, 0.5) is 5.69 Å². The molecule has 1 aliphatic heterocycles. The first kappa shape index (κ1) is 26.6. The van der Waals surface area contributed by atoms with Crippen molar-refractivity contribution in [2.24, 2.45) is 0 Å². The summed E-state index contributed by atoms with van der Waals surface area (Å²) in [4.78, 5) is 5.00. The van der Waals surface area contributed by atoms with Gasteiger partial charge in [-0.3, -0.25) is 4.90 Å². The van der Waals surface area contributed by atoms with E-state index >= 15 is 0 Å². The highest BCUT2D eigenvalue weighted by Gasteiger charge is 2.17. The molecule has 0 aromatic heterocycles. The van der Waals surface area contributed by atoms with E-state index in [0.717, 1.165) is 44.9 Å². The van der Waals surface area contributed by atoms with Crippen molar-refractivity contribution in [1.29, 1.82) is 0 Å². The highest BCUT2D eigenvalue weighted by atomic mass is 35.5. The summed E-state index contributed by atoms with van der Waals surface area (Å²) in [6.45, 7) is 5.95. The number of hydrogen-bond acceptors (Lipinski definition) is 3.